The van der Waals surface area contributed by atoms with E-state index in [1.807, 2.05) is 54.5 Å². The number of carbonyl (C=O) groups is 3. The lowest BCUT2D eigenvalue weighted by Gasteiger charge is -2.35. The molecule has 2 amide bonds. The number of rotatable bonds is 3. The lowest BCUT2D eigenvalue weighted by Crippen LogP contribution is -2.49. The second-order valence-electron chi connectivity index (χ2n) is 12.8. The minimum Gasteiger partial charge on any atom is -0.444 e. The summed E-state index contributed by atoms with van der Waals surface area (Å²) >= 11 is 6.58. The van der Waals surface area contributed by atoms with Crippen LogP contribution in [0.3, 0.4) is 0 Å². The van der Waals surface area contributed by atoms with Crippen molar-refractivity contribution in [2.24, 2.45) is 0 Å². The van der Waals surface area contributed by atoms with Crippen LogP contribution in [0.2, 0.25) is 0 Å². The molecule has 1 N–H and O–H groups in total. The molecule has 0 bridgehead atoms. The SMILES string of the molecule is CC(C)(C)OC(=O)N1CCNCC1.Cc1nc(Br)ccc1C=O.Cc1nc(Br)ccc1CN1CCN(C(=O)OC(C)(C)C)CC1. The van der Waals surface area contributed by atoms with Crippen LogP contribution >= 0.6 is 31.9 Å². The number of hydrogen-bond acceptors (Lipinski definition) is 9. The summed E-state index contributed by atoms with van der Waals surface area (Å²) in [6.45, 7) is 22.4. The molecule has 2 saturated heterocycles. The van der Waals surface area contributed by atoms with Gasteiger partial charge in [0.2, 0.25) is 0 Å². The van der Waals surface area contributed by atoms with E-state index in [2.05, 4.69) is 58.1 Å². The fraction of sp³-hybridized carbons (Fsp3) is 0.594. The molecule has 0 radical (unpaired) electrons. The van der Waals surface area contributed by atoms with Crippen molar-refractivity contribution >= 4 is 50.3 Å². The summed E-state index contributed by atoms with van der Waals surface area (Å²) in [5, 5.41) is 3.18. The molecule has 2 aromatic heterocycles. The van der Waals surface area contributed by atoms with Crippen LogP contribution in [-0.2, 0) is 16.0 Å². The fourth-order valence-electron chi connectivity index (χ4n) is 4.22. The Balaban J connectivity index is 0.000000259. The number of hydrogen-bond donors (Lipinski definition) is 1. The Morgan fingerprint density at radius 2 is 1.24 bits per heavy atom. The number of aldehydes is 1. The molecule has 0 spiro atoms. The number of aryl methyl sites for hydroxylation is 2. The number of pyridine rings is 2. The average Bonchev–Trinajstić information content (AvgIpc) is 2.94. The molecule has 2 aliphatic heterocycles. The molecule has 45 heavy (non-hydrogen) atoms. The fourth-order valence-corrected chi connectivity index (χ4v) is 5.02. The van der Waals surface area contributed by atoms with Crippen molar-refractivity contribution in [3.63, 3.8) is 0 Å². The smallest absolute Gasteiger partial charge is 0.410 e. The second-order valence-corrected chi connectivity index (χ2v) is 14.4. The number of piperazine rings is 2. The van der Waals surface area contributed by atoms with Crippen LogP contribution < -0.4 is 5.32 Å². The minimum atomic E-state index is -0.436. The van der Waals surface area contributed by atoms with Gasteiger partial charge in [-0.2, -0.15) is 0 Å². The Kier molecular flexibility index (Phi) is 15.4. The second kappa shape index (κ2) is 17.9. The first-order valence-corrected chi connectivity index (χ1v) is 16.7. The van der Waals surface area contributed by atoms with Gasteiger partial charge in [-0.3, -0.25) is 9.69 Å². The standard InChI is InChI=1S/C16H24BrN3O2.C9H18N2O2.C7H6BrNO/c1-12-13(5-6-14(17)18-12)11-19-7-9-20(10-8-19)15(21)22-16(2,3)4;1-9(2,3)13-8(12)11-6-4-10-5-7-11;1-5-6(4-10)2-3-7(8)9-5/h5-6H,7-11H2,1-4H3;10H,4-7H2,1-3H3;2-4H,1H3. The number of carbonyl (C=O) groups excluding carboxylic acids is 3. The molecule has 2 aromatic rings. The Morgan fingerprint density at radius 3 is 1.69 bits per heavy atom. The first-order chi connectivity index (χ1) is 21.0. The van der Waals surface area contributed by atoms with Crippen molar-refractivity contribution in [1.29, 1.82) is 0 Å². The maximum Gasteiger partial charge on any atom is 0.410 e. The van der Waals surface area contributed by atoms with Gasteiger partial charge in [0.15, 0.2) is 6.29 Å². The van der Waals surface area contributed by atoms with E-state index in [-0.39, 0.29) is 17.8 Å². The molecule has 0 aliphatic carbocycles. The predicted octanol–water partition coefficient (Wildman–Crippen LogP) is 6.00. The first kappa shape index (κ1) is 38.6. The van der Waals surface area contributed by atoms with E-state index in [0.29, 0.717) is 18.7 Å². The zero-order valence-electron chi connectivity index (χ0n) is 27.8. The number of nitrogens with zero attached hydrogens (tertiary/aromatic N) is 5. The summed E-state index contributed by atoms with van der Waals surface area (Å²) < 4.78 is 12.3. The van der Waals surface area contributed by atoms with E-state index in [1.165, 1.54) is 5.56 Å². The van der Waals surface area contributed by atoms with Gasteiger partial charge in [-0.1, -0.05) is 6.07 Å². The molecule has 4 heterocycles. The summed E-state index contributed by atoms with van der Waals surface area (Å²) in [5.41, 5.74) is 2.85. The van der Waals surface area contributed by atoms with Crippen molar-refractivity contribution in [3.05, 3.63) is 56.0 Å². The van der Waals surface area contributed by atoms with Crippen LogP contribution in [0.1, 0.15) is 68.9 Å². The van der Waals surface area contributed by atoms with Crippen molar-refractivity contribution in [1.82, 2.24) is 30.0 Å². The highest BCUT2D eigenvalue weighted by Gasteiger charge is 2.26. The molecule has 0 aromatic carbocycles. The van der Waals surface area contributed by atoms with Crippen LogP contribution in [0, 0.1) is 13.8 Å². The summed E-state index contributed by atoms with van der Waals surface area (Å²) in [6.07, 6.45) is 0.386. The Morgan fingerprint density at radius 1 is 0.778 bits per heavy atom. The lowest BCUT2D eigenvalue weighted by atomic mass is 10.2. The maximum absolute atomic E-state index is 12.0. The highest BCUT2D eigenvalue weighted by atomic mass is 79.9. The normalized spacial score (nSPS) is 15.6. The van der Waals surface area contributed by atoms with Crippen LogP contribution in [0.15, 0.2) is 33.5 Å². The molecule has 2 aliphatic rings. The third kappa shape index (κ3) is 15.0. The van der Waals surface area contributed by atoms with E-state index < -0.39 is 5.60 Å². The zero-order chi connectivity index (χ0) is 33.8. The highest BCUT2D eigenvalue weighted by molar-refractivity contribution is 9.10. The molecule has 4 rings (SSSR count). The van der Waals surface area contributed by atoms with Gasteiger partial charge >= 0.3 is 12.2 Å². The number of halogens is 2. The molecule has 250 valence electrons. The quantitative estimate of drug-likeness (QED) is 0.298. The largest absolute Gasteiger partial charge is 0.444 e. The summed E-state index contributed by atoms with van der Waals surface area (Å²) in [4.78, 5) is 48.1. The zero-order valence-corrected chi connectivity index (χ0v) is 31.0. The lowest BCUT2D eigenvalue weighted by molar-refractivity contribution is 0.0137. The topological polar surface area (TPSA) is 117 Å². The van der Waals surface area contributed by atoms with E-state index in [1.54, 1.807) is 28.9 Å². The highest BCUT2D eigenvalue weighted by Crippen LogP contribution is 2.16. The van der Waals surface area contributed by atoms with Gasteiger partial charge in [0.25, 0.3) is 0 Å². The van der Waals surface area contributed by atoms with Crippen LogP contribution in [-0.4, -0.2) is 107 Å². The molecular weight excluding hydrogens is 708 g/mol. The van der Waals surface area contributed by atoms with Crippen molar-refractivity contribution in [3.8, 4) is 0 Å². The summed E-state index contributed by atoms with van der Waals surface area (Å²) in [6, 6.07) is 7.56. The average molecular weight is 757 g/mol. The molecule has 11 nitrogen and oxygen atoms in total. The van der Waals surface area contributed by atoms with Gasteiger partial charge in [0.05, 0.1) is 0 Å². The monoisotopic (exact) mass is 754 g/mol. The Bertz CT molecular complexity index is 1270. The van der Waals surface area contributed by atoms with Gasteiger partial charge in [-0.05, 0) is 111 Å². The molecule has 2 fully saturated rings. The Hall–Kier alpha value is -2.61. The molecular formula is C32H48Br2N6O5. The molecule has 0 saturated carbocycles. The van der Waals surface area contributed by atoms with Gasteiger partial charge in [-0.15, -0.1) is 0 Å². The van der Waals surface area contributed by atoms with E-state index >= 15 is 0 Å². The van der Waals surface area contributed by atoms with Gasteiger partial charge < -0.3 is 24.6 Å². The van der Waals surface area contributed by atoms with Crippen LogP contribution in [0.25, 0.3) is 0 Å². The van der Waals surface area contributed by atoms with Gasteiger partial charge in [0, 0.05) is 75.9 Å². The van der Waals surface area contributed by atoms with E-state index in [0.717, 1.165) is 72.7 Å². The van der Waals surface area contributed by atoms with Gasteiger partial charge in [0.1, 0.15) is 20.4 Å². The van der Waals surface area contributed by atoms with Crippen LogP contribution in [0.5, 0.6) is 0 Å². The van der Waals surface area contributed by atoms with E-state index in [4.69, 9.17) is 9.47 Å². The molecule has 0 unspecified atom stereocenters. The number of nitrogens with one attached hydrogen (secondary N) is 1. The number of aromatic nitrogens is 2. The van der Waals surface area contributed by atoms with Crippen molar-refractivity contribution in [2.45, 2.75) is 73.1 Å². The van der Waals surface area contributed by atoms with E-state index in [9.17, 15) is 14.4 Å². The minimum absolute atomic E-state index is 0.200. The number of amides is 2. The summed E-state index contributed by atoms with van der Waals surface area (Å²) in [5.74, 6) is 0. The number of ether oxygens (including phenoxy) is 2. The van der Waals surface area contributed by atoms with Gasteiger partial charge in [-0.25, -0.2) is 19.6 Å². The van der Waals surface area contributed by atoms with Crippen molar-refractivity contribution < 1.29 is 23.9 Å². The molecule has 13 heteroatoms. The summed E-state index contributed by atoms with van der Waals surface area (Å²) in [7, 11) is 0. The Labute approximate surface area is 284 Å². The molecule has 0 atom stereocenters. The first-order valence-electron chi connectivity index (χ1n) is 15.1. The van der Waals surface area contributed by atoms with Crippen molar-refractivity contribution in [2.75, 3.05) is 52.4 Å². The third-order valence-electron chi connectivity index (χ3n) is 6.57. The maximum atomic E-state index is 12.0. The third-order valence-corrected chi connectivity index (χ3v) is 7.45. The predicted molar refractivity (Wildman–Crippen MR) is 182 cm³/mol. The van der Waals surface area contributed by atoms with Crippen LogP contribution in [0.4, 0.5) is 9.59 Å².